The Morgan fingerprint density at radius 1 is 1.38 bits per heavy atom. The van der Waals surface area contributed by atoms with E-state index in [0.717, 1.165) is 6.92 Å². The molecule has 0 aliphatic carbocycles. The summed E-state index contributed by atoms with van der Waals surface area (Å²) in [7, 11) is 0. The SMILES string of the molecule is C[C@H]1OC(=O)OC1C(=O)C(F)(F)F. The molecule has 1 rings (SSSR count). The molecule has 0 spiro atoms. The maximum absolute atomic E-state index is 11.8. The fourth-order valence-electron chi connectivity index (χ4n) is 0.869. The number of rotatable bonds is 1. The first-order chi connectivity index (χ1) is 5.82. The van der Waals surface area contributed by atoms with Crippen molar-refractivity contribution in [2.24, 2.45) is 0 Å². The van der Waals surface area contributed by atoms with E-state index < -0.39 is 30.3 Å². The second-order valence-electron chi connectivity index (χ2n) is 2.47. The van der Waals surface area contributed by atoms with Gasteiger partial charge >= 0.3 is 12.3 Å². The molecule has 4 nitrogen and oxygen atoms in total. The smallest absolute Gasteiger partial charge is 0.427 e. The molecule has 74 valence electrons. The van der Waals surface area contributed by atoms with Crippen molar-refractivity contribution in [3.05, 3.63) is 0 Å². The fraction of sp³-hybridized carbons (Fsp3) is 0.667. The number of ether oxygens (including phenoxy) is 2. The number of halogens is 3. The van der Waals surface area contributed by atoms with E-state index in [-0.39, 0.29) is 0 Å². The lowest BCUT2D eigenvalue weighted by Crippen LogP contribution is -2.39. The Hall–Kier alpha value is -1.27. The Kier molecular flexibility index (Phi) is 2.19. The summed E-state index contributed by atoms with van der Waals surface area (Å²) in [5.41, 5.74) is 0. The topological polar surface area (TPSA) is 52.6 Å². The minimum Gasteiger partial charge on any atom is -0.427 e. The molecule has 1 aliphatic heterocycles. The quantitative estimate of drug-likeness (QED) is 0.590. The van der Waals surface area contributed by atoms with Crippen LogP contribution >= 0.6 is 0 Å². The van der Waals surface area contributed by atoms with Crippen LogP contribution in [-0.2, 0) is 14.3 Å². The molecule has 1 heterocycles. The third kappa shape index (κ3) is 1.90. The molecule has 0 aromatic rings. The standard InChI is InChI=1S/C6H5F3O4/c1-2-3(13-5(11)12-2)4(10)6(7,8)9/h2-3H,1H3/t2-,3?/m1/s1. The first kappa shape index (κ1) is 9.82. The van der Waals surface area contributed by atoms with Crippen LogP contribution < -0.4 is 0 Å². The summed E-state index contributed by atoms with van der Waals surface area (Å²) in [6, 6.07) is 0. The maximum Gasteiger partial charge on any atom is 0.509 e. The molecule has 0 aromatic heterocycles. The molecule has 0 aromatic carbocycles. The number of hydrogen-bond acceptors (Lipinski definition) is 4. The fourth-order valence-corrected chi connectivity index (χ4v) is 0.869. The van der Waals surface area contributed by atoms with Gasteiger partial charge < -0.3 is 9.47 Å². The predicted molar refractivity (Wildman–Crippen MR) is 31.9 cm³/mol. The van der Waals surface area contributed by atoms with Crippen molar-refractivity contribution < 1.29 is 32.2 Å². The molecule has 1 unspecified atom stereocenters. The zero-order valence-corrected chi connectivity index (χ0v) is 6.42. The summed E-state index contributed by atoms with van der Waals surface area (Å²) >= 11 is 0. The van der Waals surface area contributed by atoms with Crippen LogP contribution in [-0.4, -0.2) is 30.3 Å². The molecule has 0 radical (unpaired) electrons. The molecule has 2 atom stereocenters. The average Bonchev–Trinajstić information content (AvgIpc) is 2.26. The number of cyclic esters (lactones) is 2. The van der Waals surface area contributed by atoms with Crippen molar-refractivity contribution in [3.8, 4) is 0 Å². The molecular weight excluding hydrogens is 193 g/mol. The predicted octanol–water partition coefficient (Wildman–Crippen LogP) is 1.04. The van der Waals surface area contributed by atoms with E-state index in [1.165, 1.54) is 0 Å². The number of alkyl halides is 3. The molecule has 0 saturated carbocycles. The van der Waals surface area contributed by atoms with Gasteiger partial charge in [-0.25, -0.2) is 4.79 Å². The second-order valence-corrected chi connectivity index (χ2v) is 2.47. The van der Waals surface area contributed by atoms with Crippen molar-refractivity contribution in [3.63, 3.8) is 0 Å². The Balaban J connectivity index is 2.74. The molecule has 1 aliphatic rings. The van der Waals surface area contributed by atoms with Gasteiger partial charge in [-0.2, -0.15) is 13.2 Å². The first-order valence-corrected chi connectivity index (χ1v) is 3.30. The highest BCUT2D eigenvalue weighted by Gasteiger charge is 2.51. The highest BCUT2D eigenvalue weighted by molar-refractivity contribution is 5.91. The van der Waals surface area contributed by atoms with Gasteiger partial charge in [0.15, 0.2) is 0 Å². The van der Waals surface area contributed by atoms with Crippen LogP contribution in [0.1, 0.15) is 6.92 Å². The minimum atomic E-state index is -5.01. The van der Waals surface area contributed by atoms with Crippen LogP contribution in [0.15, 0.2) is 0 Å². The van der Waals surface area contributed by atoms with Gasteiger partial charge in [0.1, 0.15) is 6.10 Å². The minimum absolute atomic E-state index is 1.15. The molecule has 0 N–H and O–H groups in total. The molecular formula is C6H5F3O4. The summed E-state index contributed by atoms with van der Waals surface area (Å²) in [6.07, 6.45) is -9.32. The number of carbonyl (C=O) groups is 2. The van der Waals surface area contributed by atoms with Gasteiger partial charge in [0.2, 0.25) is 6.10 Å². The zero-order valence-electron chi connectivity index (χ0n) is 6.42. The lowest BCUT2D eigenvalue weighted by molar-refractivity contribution is -0.179. The molecule has 0 amide bonds. The lowest BCUT2D eigenvalue weighted by atomic mass is 10.1. The van der Waals surface area contributed by atoms with E-state index in [1.807, 2.05) is 0 Å². The van der Waals surface area contributed by atoms with Crippen molar-refractivity contribution in [2.75, 3.05) is 0 Å². The summed E-state index contributed by atoms with van der Waals surface area (Å²) in [5, 5.41) is 0. The van der Waals surface area contributed by atoms with Gasteiger partial charge in [0.25, 0.3) is 5.78 Å². The Morgan fingerprint density at radius 3 is 2.23 bits per heavy atom. The van der Waals surface area contributed by atoms with Gasteiger partial charge in [-0.15, -0.1) is 0 Å². The zero-order chi connectivity index (χ0) is 10.2. The summed E-state index contributed by atoms with van der Waals surface area (Å²) in [4.78, 5) is 20.9. The summed E-state index contributed by atoms with van der Waals surface area (Å²) in [5.74, 6) is -2.11. The van der Waals surface area contributed by atoms with Crippen molar-refractivity contribution >= 4 is 11.9 Å². The summed E-state index contributed by atoms with van der Waals surface area (Å²) in [6.45, 7) is 1.15. The highest BCUT2D eigenvalue weighted by Crippen LogP contribution is 2.25. The van der Waals surface area contributed by atoms with Gasteiger partial charge in [0, 0.05) is 0 Å². The summed E-state index contributed by atoms with van der Waals surface area (Å²) < 4.78 is 43.7. The van der Waals surface area contributed by atoms with Crippen molar-refractivity contribution in [2.45, 2.75) is 25.3 Å². The Labute approximate surface area is 70.6 Å². The molecule has 1 fully saturated rings. The highest BCUT2D eigenvalue weighted by atomic mass is 19.4. The number of carbonyl (C=O) groups excluding carboxylic acids is 2. The third-order valence-corrected chi connectivity index (χ3v) is 1.47. The normalized spacial score (nSPS) is 28.2. The van der Waals surface area contributed by atoms with Crippen LogP contribution in [0.4, 0.5) is 18.0 Å². The van der Waals surface area contributed by atoms with Crippen LogP contribution in [0.25, 0.3) is 0 Å². The lowest BCUT2D eigenvalue weighted by Gasteiger charge is -2.11. The molecule has 7 heteroatoms. The third-order valence-electron chi connectivity index (χ3n) is 1.47. The van der Waals surface area contributed by atoms with E-state index in [1.54, 1.807) is 0 Å². The van der Waals surface area contributed by atoms with Crippen LogP contribution in [0.5, 0.6) is 0 Å². The largest absolute Gasteiger partial charge is 0.509 e. The number of Topliss-reactive ketones (excluding diaryl/α,β-unsaturated/α-hetero) is 1. The first-order valence-electron chi connectivity index (χ1n) is 3.30. The molecule has 13 heavy (non-hydrogen) atoms. The average molecular weight is 198 g/mol. The van der Waals surface area contributed by atoms with Crippen LogP contribution in [0.3, 0.4) is 0 Å². The van der Waals surface area contributed by atoms with Crippen LogP contribution in [0.2, 0.25) is 0 Å². The molecule has 1 saturated heterocycles. The Bertz CT molecular complexity index is 247. The van der Waals surface area contributed by atoms with Crippen LogP contribution in [0, 0.1) is 0 Å². The van der Waals surface area contributed by atoms with E-state index in [0.29, 0.717) is 0 Å². The van der Waals surface area contributed by atoms with E-state index >= 15 is 0 Å². The number of ketones is 1. The maximum atomic E-state index is 11.8. The second kappa shape index (κ2) is 2.90. The van der Waals surface area contributed by atoms with E-state index in [2.05, 4.69) is 9.47 Å². The monoisotopic (exact) mass is 198 g/mol. The number of hydrogen-bond donors (Lipinski definition) is 0. The van der Waals surface area contributed by atoms with Gasteiger partial charge in [-0.3, -0.25) is 4.79 Å². The van der Waals surface area contributed by atoms with Crippen molar-refractivity contribution in [1.29, 1.82) is 0 Å². The molecule has 0 bridgehead atoms. The van der Waals surface area contributed by atoms with E-state index in [9.17, 15) is 22.8 Å². The van der Waals surface area contributed by atoms with Gasteiger partial charge in [-0.1, -0.05) is 0 Å². The van der Waals surface area contributed by atoms with Gasteiger partial charge in [-0.05, 0) is 6.92 Å². The van der Waals surface area contributed by atoms with E-state index in [4.69, 9.17) is 0 Å². The van der Waals surface area contributed by atoms with Crippen molar-refractivity contribution in [1.82, 2.24) is 0 Å². The van der Waals surface area contributed by atoms with Gasteiger partial charge in [0.05, 0.1) is 0 Å². The Morgan fingerprint density at radius 2 is 1.92 bits per heavy atom.